The maximum Gasteiger partial charge on any atom is 0.291 e. The predicted octanol–water partition coefficient (Wildman–Crippen LogP) is 4.71. The zero-order chi connectivity index (χ0) is 17.1. The van der Waals surface area contributed by atoms with Crippen LogP contribution in [0.25, 0.3) is 11.3 Å². The number of carbonyl (C=O) groups excluding carboxylic acids is 1. The van der Waals surface area contributed by atoms with Crippen LogP contribution in [-0.2, 0) is 0 Å². The van der Waals surface area contributed by atoms with Gasteiger partial charge in [0.25, 0.3) is 11.6 Å². The van der Waals surface area contributed by atoms with Crippen molar-refractivity contribution >= 4 is 39.9 Å². The summed E-state index contributed by atoms with van der Waals surface area (Å²) in [6, 6.07) is 16.6. The first-order valence-corrected chi connectivity index (χ1v) is 8.02. The molecule has 3 rings (SSSR count). The van der Waals surface area contributed by atoms with Gasteiger partial charge >= 0.3 is 0 Å². The Morgan fingerprint density at radius 2 is 1.67 bits per heavy atom. The van der Waals surface area contributed by atoms with Crippen LogP contribution in [-0.4, -0.2) is 10.8 Å². The van der Waals surface area contributed by atoms with Crippen molar-refractivity contribution in [1.82, 2.24) is 0 Å². The summed E-state index contributed by atoms with van der Waals surface area (Å²) in [5.41, 5.74) is 1.34. The van der Waals surface area contributed by atoms with E-state index in [0.29, 0.717) is 17.0 Å². The highest BCUT2D eigenvalue weighted by Crippen LogP contribution is 2.25. The van der Waals surface area contributed by atoms with Gasteiger partial charge < -0.3 is 9.73 Å². The third-order valence-corrected chi connectivity index (χ3v) is 4.01. The zero-order valence-electron chi connectivity index (χ0n) is 12.2. The molecule has 6 nitrogen and oxygen atoms in total. The second-order valence-electron chi connectivity index (χ2n) is 4.93. The van der Waals surface area contributed by atoms with Crippen molar-refractivity contribution in [2.45, 2.75) is 0 Å². The van der Waals surface area contributed by atoms with Crippen molar-refractivity contribution in [2.24, 2.45) is 0 Å². The first-order valence-electron chi connectivity index (χ1n) is 6.94. The van der Waals surface area contributed by atoms with E-state index in [0.717, 1.165) is 3.57 Å². The van der Waals surface area contributed by atoms with E-state index < -0.39 is 4.92 Å². The lowest BCUT2D eigenvalue weighted by atomic mass is 10.1. The maximum atomic E-state index is 12.2. The number of furan rings is 1. The van der Waals surface area contributed by atoms with Crippen molar-refractivity contribution in [3.8, 4) is 11.3 Å². The highest BCUT2D eigenvalue weighted by molar-refractivity contribution is 14.1. The fraction of sp³-hybridized carbons (Fsp3) is 0. The van der Waals surface area contributed by atoms with Crippen LogP contribution in [0.15, 0.2) is 65.1 Å². The van der Waals surface area contributed by atoms with Crippen molar-refractivity contribution in [3.05, 3.63) is 80.1 Å². The second-order valence-corrected chi connectivity index (χ2v) is 6.17. The maximum absolute atomic E-state index is 12.2. The molecular weight excluding hydrogens is 423 g/mol. The minimum absolute atomic E-state index is 0.00184. The fourth-order valence-electron chi connectivity index (χ4n) is 2.09. The number of hydrogen-bond donors (Lipinski definition) is 1. The largest absolute Gasteiger partial charge is 0.451 e. The van der Waals surface area contributed by atoms with Gasteiger partial charge in [0.2, 0.25) is 0 Å². The van der Waals surface area contributed by atoms with Crippen LogP contribution in [0.1, 0.15) is 10.6 Å². The van der Waals surface area contributed by atoms with Crippen molar-refractivity contribution in [1.29, 1.82) is 0 Å². The number of amides is 1. The van der Waals surface area contributed by atoms with Crippen LogP contribution in [0.5, 0.6) is 0 Å². The van der Waals surface area contributed by atoms with E-state index in [-0.39, 0.29) is 17.4 Å². The molecule has 0 fully saturated rings. The predicted molar refractivity (Wildman–Crippen MR) is 97.9 cm³/mol. The third-order valence-electron chi connectivity index (χ3n) is 3.29. The number of nitrogens with zero attached hydrogens (tertiary/aromatic N) is 1. The van der Waals surface area contributed by atoms with E-state index in [1.807, 2.05) is 12.1 Å². The average molecular weight is 434 g/mol. The molecule has 0 aliphatic rings. The van der Waals surface area contributed by atoms with Gasteiger partial charge in [0, 0.05) is 27.0 Å². The molecule has 0 atom stereocenters. The Labute approximate surface area is 150 Å². The number of rotatable bonds is 4. The molecule has 0 aliphatic heterocycles. The van der Waals surface area contributed by atoms with Crippen molar-refractivity contribution < 1.29 is 14.1 Å². The number of nitrogens with one attached hydrogen (secondary N) is 1. The Morgan fingerprint density at radius 1 is 1.00 bits per heavy atom. The highest BCUT2D eigenvalue weighted by atomic mass is 127. The number of carbonyl (C=O) groups is 1. The molecule has 0 bridgehead atoms. The van der Waals surface area contributed by atoms with E-state index in [2.05, 4.69) is 27.9 Å². The highest BCUT2D eigenvalue weighted by Gasteiger charge is 2.13. The molecule has 0 radical (unpaired) electrons. The van der Waals surface area contributed by atoms with Gasteiger partial charge in [0.05, 0.1) is 4.92 Å². The minimum Gasteiger partial charge on any atom is -0.451 e. The molecule has 120 valence electrons. The van der Waals surface area contributed by atoms with E-state index in [9.17, 15) is 14.9 Å². The van der Waals surface area contributed by atoms with Gasteiger partial charge in [-0.05, 0) is 71.1 Å². The van der Waals surface area contributed by atoms with Crippen molar-refractivity contribution in [2.75, 3.05) is 5.32 Å². The summed E-state index contributed by atoms with van der Waals surface area (Å²) in [5, 5.41) is 13.4. The van der Waals surface area contributed by atoms with Crippen LogP contribution in [0.4, 0.5) is 11.4 Å². The molecule has 2 aromatic carbocycles. The standard InChI is InChI=1S/C17H11IN2O4/c18-12-3-5-13(6-4-12)19-17(21)16-10-9-15(24-16)11-1-7-14(8-2-11)20(22)23/h1-10H,(H,19,21). The van der Waals surface area contributed by atoms with E-state index in [1.54, 1.807) is 36.4 Å². The molecular formula is C17H11IN2O4. The first kappa shape index (κ1) is 16.2. The van der Waals surface area contributed by atoms with Crippen LogP contribution in [0, 0.1) is 13.7 Å². The molecule has 24 heavy (non-hydrogen) atoms. The molecule has 0 saturated carbocycles. The summed E-state index contributed by atoms with van der Waals surface area (Å²) in [7, 11) is 0. The Bertz CT molecular complexity index is 886. The number of halogens is 1. The molecule has 0 unspecified atom stereocenters. The molecule has 0 aliphatic carbocycles. The van der Waals surface area contributed by atoms with Crippen LogP contribution in [0.3, 0.4) is 0 Å². The summed E-state index contributed by atoms with van der Waals surface area (Å²) in [6.45, 7) is 0. The zero-order valence-corrected chi connectivity index (χ0v) is 14.4. The number of nitro benzene ring substituents is 1. The van der Waals surface area contributed by atoms with Gasteiger partial charge in [-0.1, -0.05) is 0 Å². The molecule has 3 aromatic rings. The Balaban J connectivity index is 1.75. The van der Waals surface area contributed by atoms with E-state index in [1.165, 1.54) is 12.1 Å². The van der Waals surface area contributed by atoms with Crippen LogP contribution >= 0.6 is 22.6 Å². The van der Waals surface area contributed by atoms with Crippen LogP contribution < -0.4 is 5.32 Å². The number of hydrogen-bond acceptors (Lipinski definition) is 4. The second kappa shape index (κ2) is 6.83. The monoisotopic (exact) mass is 434 g/mol. The molecule has 0 saturated heterocycles. The molecule has 1 heterocycles. The smallest absolute Gasteiger partial charge is 0.291 e. The Kier molecular flexibility index (Phi) is 4.61. The summed E-state index contributed by atoms with van der Waals surface area (Å²) in [4.78, 5) is 22.4. The number of non-ortho nitro benzene ring substituents is 1. The summed E-state index contributed by atoms with van der Waals surface area (Å²) >= 11 is 2.18. The normalized spacial score (nSPS) is 10.4. The van der Waals surface area contributed by atoms with Gasteiger partial charge in [0.1, 0.15) is 5.76 Å². The minimum atomic E-state index is -0.466. The summed E-state index contributed by atoms with van der Waals surface area (Å²) in [5.74, 6) is 0.281. The lowest BCUT2D eigenvalue weighted by Gasteiger charge is -2.03. The molecule has 0 spiro atoms. The van der Waals surface area contributed by atoms with Gasteiger partial charge in [-0.15, -0.1) is 0 Å². The topological polar surface area (TPSA) is 85.4 Å². The fourth-order valence-corrected chi connectivity index (χ4v) is 2.45. The lowest BCUT2D eigenvalue weighted by molar-refractivity contribution is -0.384. The van der Waals surface area contributed by atoms with Gasteiger partial charge in [-0.2, -0.15) is 0 Å². The third kappa shape index (κ3) is 3.62. The average Bonchev–Trinajstić information content (AvgIpc) is 3.07. The van der Waals surface area contributed by atoms with Gasteiger partial charge in [0.15, 0.2) is 5.76 Å². The van der Waals surface area contributed by atoms with Crippen LogP contribution in [0.2, 0.25) is 0 Å². The molecule has 1 amide bonds. The van der Waals surface area contributed by atoms with E-state index in [4.69, 9.17) is 4.42 Å². The number of nitro groups is 1. The quantitative estimate of drug-likeness (QED) is 0.366. The van der Waals surface area contributed by atoms with Gasteiger partial charge in [-0.25, -0.2) is 0 Å². The molecule has 1 N–H and O–H groups in total. The first-order chi connectivity index (χ1) is 11.5. The van der Waals surface area contributed by atoms with Crippen molar-refractivity contribution in [3.63, 3.8) is 0 Å². The lowest BCUT2D eigenvalue weighted by Crippen LogP contribution is -2.10. The number of anilines is 1. The molecule has 1 aromatic heterocycles. The summed E-state index contributed by atoms with van der Waals surface area (Å²) < 4.78 is 6.62. The van der Waals surface area contributed by atoms with Gasteiger partial charge in [-0.3, -0.25) is 14.9 Å². The Morgan fingerprint density at radius 3 is 2.29 bits per heavy atom. The molecule has 7 heteroatoms. The van der Waals surface area contributed by atoms with E-state index >= 15 is 0 Å². The summed E-state index contributed by atoms with van der Waals surface area (Å²) in [6.07, 6.45) is 0. The Hall–Kier alpha value is -2.68. The number of benzene rings is 2. The SMILES string of the molecule is O=C(Nc1ccc(I)cc1)c1ccc(-c2ccc([N+](=O)[O-])cc2)o1.